The summed E-state index contributed by atoms with van der Waals surface area (Å²) < 4.78 is 0.985. The van der Waals surface area contributed by atoms with E-state index in [2.05, 4.69) is 40.4 Å². The van der Waals surface area contributed by atoms with Crippen molar-refractivity contribution >= 4 is 33.2 Å². The van der Waals surface area contributed by atoms with Gasteiger partial charge in [-0.15, -0.1) is 0 Å². The van der Waals surface area contributed by atoms with Crippen LogP contribution in [0.1, 0.15) is 19.4 Å². The van der Waals surface area contributed by atoms with Crippen molar-refractivity contribution < 1.29 is 4.79 Å². The summed E-state index contributed by atoms with van der Waals surface area (Å²) in [6, 6.07) is 15.6. The number of hydrogen-bond acceptors (Lipinski definition) is 2. The van der Waals surface area contributed by atoms with Crippen LogP contribution in [0.25, 0.3) is 0 Å². The van der Waals surface area contributed by atoms with Gasteiger partial charge in [-0.1, -0.05) is 41.9 Å². The Morgan fingerprint density at radius 2 is 1.77 bits per heavy atom. The number of nitrogens with one attached hydrogen (secondary N) is 2. The highest BCUT2D eigenvalue weighted by atomic mass is 79.9. The Morgan fingerprint density at radius 3 is 2.41 bits per heavy atom. The van der Waals surface area contributed by atoms with Crippen LogP contribution in [-0.2, 0) is 11.2 Å². The van der Waals surface area contributed by atoms with Crippen molar-refractivity contribution in [2.75, 3.05) is 17.2 Å². The normalized spacial score (nSPS) is 10.5. The van der Waals surface area contributed by atoms with E-state index in [0.29, 0.717) is 12.3 Å². The lowest BCUT2D eigenvalue weighted by atomic mass is 10.1. The molecule has 0 aromatic heterocycles. The second-order valence-electron chi connectivity index (χ2n) is 5.71. The minimum absolute atomic E-state index is 0.0130. The molecule has 116 valence electrons. The zero-order valence-corrected chi connectivity index (χ0v) is 14.5. The van der Waals surface area contributed by atoms with E-state index in [-0.39, 0.29) is 5.91 Å². The zero-order valence-electron chi connectivity index (χ0n) is 12.9. The smallest absolute Gasteiger partial charge is 0.228 e. The lowest BCUT2D eigenvalue weighted by Crippen LogP contribution is -2.14. The molecule has 4 heteroatoms. The van der Waals surface area contributed by atoms with Gasteiger partial charge in [0.15, 0.2) is 0 Å². The molecule has 0 aliphatic rings. The summed E-state index contributed by atoms with van der Waals surface area (Å²) in [7, 11) is 0. The van der Waals surface area contributed by atoms with Gasteiger partial charge in [-0.2, -0.15) is 0 Å². The molecule has 0 saturated carbocycles. The maximum Gasteiger partial charge on any atom is 0.228 e. The van der Waals surface area contributed by atoms with Gasteiger partial charge in [0.1, 0.15) is 0 Å². The lowest BCUT2D eigenvalue weighted by Gasteiger charge is -2.10. The number of carbonyl (C=O) groups is 1. The monoisotopic (exact) mass is 360 g/mol. The number of hydrogen-bond donors (Lipinski definition) is 2. The van der Waals surface area contributed by atoms with Crippen molar-refractivity contribution in [3.63, 3.8) is 0 Å². The molecule has 2 aromatic carbocycles. The van der Waals surface area contributed by atoms with Crippen molar-refractivity contribution in [3.05, 3.63) is 58.6 Å². The number of anilines is 2. The van der Waals surface area contributed by atoms with Crippen molar-refractivity contribution in [2.24, 2.45) is 5.92 Å². The summed E-state index contributed by atoms with van der Waals surface area (Å²) in [5.41, 5.74) is 2.87. The highest BCUT2D eigenvalue weighted by Gasteiger charge is 2.05. The third-order valence-corrected chi connectivity index (χ3v) is 3.63. The first-order valence-electron chi connectivity index (χ1n) is 7.41. The number of halogens is 1. The maximum absolute atomic E-state index is 12.1. The predicted molar refractivity (Wildman–Crippen MR) is 96.2 cm³/mol. The molecule has 2 aromatic rings. The van der Waals surface area contributed by atoms with E-state index < -0.39 is 0 Å². The number of carbonyl (C=O) groups excluding carboxylic acids is 1. The first-order valence-corrected chi connectivity index (χ1v) is 8.20. The topological polar surface area (TPSA) is 41.1 Å². The average molecular weight is 361 g/mol. The van der Waals surface area contributed by atoms with Crippen molar-refractivity contribution in [1.29, 1.82) is 0 Å². The molecule has 0 spiro atoms. The van der Waals surface area contributed by atoms with Crippen LogP contribution in [0.4, 0.5) is 11.4 Å². The van der Waals surface area contributed by atoms with Gasteiger partial charge in [0, 0.05) is 22.4 Å². The Kier molecular flexibility index (Phi) is 6.01. The van der Waals surface area contributed by atoms with Crippen LogP contribution < -0.4 is 10.6 Å². The van der Waals surface area contributed by atoms with Gasteiger partial charge in [-0.25, -0.2) is 0 Å². The van der Waals surface area contributed by atoms with Gasteiger partial charge in [-0.3, -0.25) is 4.79 Å². The molecule has 2 rings (SSSR count). The number of benzene rings is 2. The lowest BCUT2D eigenvalue weighted by molar-refractivity contribution is -0.115. The van der Waals surface area contributed by atoms with Crippen LogP contribution in [0.3, 0.4) is 0 Å². The molecular formula is C18H21BrN2O. The van der Waals surface area contributed by atoms with E-state index in [9.17, 15) is 4.79 Å². The van der Waals surface area contributed by atoms with Crippen LogP contribution in [0.2, 0.25) is 0 Å². The summed E-state index contributed by atoms with van der Waals surface area (Å²) in [5.74, 6) is 0.588. The molecule has 3 nitrogen and oxygen atoms in total. The summed E-state index contributed by atoms with van der Waals surface area (Å²) in [6.45, 7) is 5.28. The Labute approximate surface area is 140 Å². The summed E-state index contributed by atoms with van der Waals surface area (Å²) in [4.78, 5) is 12.1. The highest BCUT2D eigenvalue weighted by molar-refractivity contribution is 9.10. The average Bonchev–Trinajstić information content (AvgIpc) is 2.46. The van der Waals surface area contributed by atoms with E-state index in [1.54, 1.807) is 0 Å². The van der Waals surface area contributed by atoms with Gasteiger partial charge in [-0.05, 0) is 47.9 Å². The quantitative estimate of drug-likeness (QED) is 0.783. The number of amides is 1. The summed E-state index contributed by atoms with van der Waals surface area (Å²) in [6.07, 6.45) is 0.368. The van der Waals surface area contributed by atoms with Gasteiger partial charge in [0.25, 0.3) is 0 Å². The molecule has 1 amide bonds. The van der Waals surface area contributed by atoms with Gasteiger partial charge in [0.2, 0.25) is 5.91 Å². The van der Waals surface area contributed by atoms with E-state index >= 15 is 0 Å². The van der Waals surface area contributed by atoms with Crippen molar-refractivity contribution in [2.45, 2.75) is 20.3 Å². The van der Waals surface area contributed by atoms with E-state index in [1.165, 1.54) is 0 Å². The van der Waals surface area contributed by atoms with Gasteiger partial charge in [0.05, 0.1) is 6.42 Å². The molecule has 0 heterocycles. The number of rotatable bonds is 6. The summed E-state index contributed by atoms with van der Waals surface area (Å²) in [5, 5.41) is 6.27. The first-order chi connectivity index (χ1) is 10.5. The van der Waals surface area contributed by atoms with Gasteiger partial charge < -0.3 is 10.6 Å². The highest BCUT2D eigenvalue weighted by Crippen LogP contribution is 2.16. The molecule has 0 aliphatic heterocycles. The van der Waals surface area contributed by atoms with Crippen LogP contribution >= 0.6 is 15.9 Å². The third-order valence-electron chi connectivity index (χ3n) is 3.14. The van der Waals surface area contributed by atoms with Gasteiger partial charge >= 0.3 is 0 Å². The SMILES string of the molecule is CC(C)CNc1ccc(NC(=O)Cc2cccc(Br)c2)cc1. The Morgan fingerprint density at radius 1 is 1.09 bits per heavy atom. The standard InChI is InChI=1S/C18H21BrN2O/c1-13(2)12-20-16-6-8-17(9-7-16)21-18(22)11-14-4-3-5-15(19)10-14/h3-10,13,20H,11-12H2,1-2H3,(H,21,22). The fraction of sp³-hybridized carbons (Fsp3) is 0.278. The molecule has 0 radical (unpaired) electrons. The largest absolute Gasteiger partial charge is 0.385 e. The minimum atomic E-state index is -0.0130. The maximum atomic E-state index is 12.1. The van der Waals surface area contributed by atoms with E-state index in [4.69, 9.17) is 0 Å². The predicted octanol–water partition coefficient (Wildman–Crippen LogP) is 4.70. The minimum Gasteiger partial charge on any atom is -0.385 e. The van der Waals surface area contributed by atoms with Crippen LogP contribution in [0.15, 0.2) is 53.0 Å². The summed E-state index contributed by atoms with van der Waals surface area (Å²) >= 11 is 3.41. The van der Waals surface area contributed by atoms with Crippen LogP contribution in [-0.4, -0.2) is 12.5 Å². The molecule has 0 aliphatic carbocycles. The molecule has 0 bridgehead atoms. The second-order valence-corrected chi connectivity index (χ2v) is 6.62. The third kappa shape index (κ3) is 5.53. The molecule has 0 fully saturated rings. The molecule has 0 unspecified atom stereocenters. The van der Waals surface area contributed by atoms with Crippen molar-refractivity contribution in [1.82, 2.24) is 0 Å². The van der Waals surface area contributed by atoms with Crippen molar-refractivity contribution in [3.8, 4) is 0 Å². The van der Waals surface area contributed by atoms with Crippen LogP contribution in [0.5, 0.6) is 0 Å². The molecule has 22 heavy (non-hydrogen) atoms. The molecule has 0 saturated heterocycles. The Balaban J connectivity index is 1.89. The Bertz CT molecular complexity index is 623. The first kappa shape index (κ1) is 16.6. The molecule has 2 N–H and O–H groups in total. The van der Waals surface area contributed by atoms with Crippen LogP contribution in [0, 0.1) is 5.92 Å². The fourth-order valence-electron chi connectivity index (χ4n) is 2.03. The molecule has 0 atom stereocenters. The zero-order chi connectivity index (χ0) is 15.9. The van der Waals surface area contributed by atoms with E-state index in [0.717, 1.165) is 28.0 Å². The second kappa shape index (κ2) is 7.99. The Hall–Kier alpha value is -1.81. The fourth-order valence-corrected chi connectivity index (χ4v) is 2.48. The van der Waals surface area contributed by atoms with E-state index in [1.807, 2.05) is 48.5 Å². The molecular weight excluding hydrogens is 340 g/mol.